The second kappa shape index (κ2) is 6.45. The Hall–Kier alpha value is -2.31. The molecule has 0 radical (unpaired) electrons. The molecule has 1 atom stereocenters. The summed E-state index contributed by atoms with van der Waals surface area (Å²) in [7, 11) is 0. The fourth-order valence-electron chi connectivity index (χ4n) is 4.03. The van der Waals surface area contributed by atoms with E-state index >= 15 is 0 Å². The lowest BCUT2D eigenvalue weighted by molar-refractivity contribution is 0.199. The molecule has 1 saturated heterocycles. The van der Waals surface area contributed by atoms with Crippen LogP contribution < -0.4 is 0 Å². The third-order valence-electron chi connectivity index (χ3n) is 5.19. The Balaban J connectivity index is 1.39. The van der Waals surface area contributed by atoms with E-state index in [2.05, 4.69) is 56.4 Å². The average molecular weight is 363 g/mol. The Kier molecular flexibility index (Phi) is 3.94. The molecule has 6 heteroatoms. The lowest BCUT2D eigenvalue weighted by Gasteiger charge is -2.32. The van der Waals surface area contributed by atoms with Crippen LogP contribution in [-0.2, 0) is 6.54 Å². The van der Waals surface area contributed by atoms with Crippen LogP contribution in [0.5, 0.6) is 0 Å². The van der Waals surface area contributed by atoms with E-state index < -0.39 is 0 Å². The first-order chi connectivity index (χ1) is 12.8. The molecule has 26 heavy (non-hydrogen) atoms. The molecule has 3 aromatic heterocycles. The van der Waals surface area contributed by atoms with E-state index in [0.29, 0.717) is 11.7 Å². The largest absolute Gasteiger partial charge is 0.298 e. The van der Waals surface area contributed by atoms with Crippen LogP contribution in [0.3, 0.4) is 0 Å². The average Bonchev–Trinajstić information content (AvgIpc) is 3.27. The van der Waals surface area contributed by atoms with Gasteiger partial charge in [0.1, 0.15) is 6.33 Å². The zero-order valence-corrected chi connectivity index (χ0v) is 15.6. The summed E-state index contributed by atoms with van der Waals surface area (Å²) < 4.78 is 3.30. The summed E-state index contributed by atoms with van der Waals surface area (Å²) in [6.45, 7) is 5.29. The monoisotopic (exact) mass is 363 g/mol. The minimum atomic E-state index is 0.476. The van der Waals surface area contributed by atoms with Crippen LogP contribution in [0.25, 0.3) is 15.9 Å². The summed E-state index contributed by atoms with van der Waals surface area (Å²) >= 11 is 1.92. The summed E-state index contributed by atoms with van der Waals surface area (Å²) in [5.74, 6) is 1.19. The summed E-state index contributed by atoms with van der Waals surface area (Å²) in [6.07, 6.45) is 4.01. The van der Waals surface area contributed by atoms with Crippen LogP contribution in [0.15, 0.2) is 42.7 Å². The minimum absolute atomic E-state index is 0.476. The molecule has 4 aromatic rings. The third-order valence-corrected chi connectivity index (χ3v) is 6.29. The van der Waals surface area contributed by atoms with Crippen LogP contribution in [0.2, 0.25) is 0 Å². The Morgan fingerprint density at radius 3 is 3.08 bits per heavy atom. The van der Waals surface area contributed by atoms with Crippen LogP contribution >= 0.6 is 11.3 Å². The second-order valence-corrected chi connectivity index (χ2v) is 8.29. The summed E-state index contributed by atoms with van der Waals surface area (Å²) in [4.78, 5) is 12.8. The topological polar surface area (TPSA) is 46.3 Å². The molecular formula is C20H21N5S. The molecule has 1 fully saturated rings. The number of nitrogens with zero attached hydrogens (tertiary/aromatic N) is 5. The van der Waals surface area contributed by atoms with E-state index in [0.717, 1.165) is 25.3 Å². The van der Waals surface area contributed by atoms with Crippen molar-refractivity contribution in [2.45, 2.75) is 32.2 Å². The molecule has 1 aliphatic rings. The fourth-order valence-corrected chi connectivity index (χ4v) is 5.13. The highest BCUT2D eigenvalue weighted by atomic mass is 32.1. The van der Waals surface area contributed by atoms with Gasteiger partial charge >= 0.3 is 0 Å². The first kappa shape index (κ1) is 15.9. The molecule has 132 valence electrons. The number of hydrogen-bond donors (Lipinski definition) is 0. The number of fused-ring (bicyclic) bond motifs is 2. The van der Waals surface area contributed by atoms with E-state index in [4.69, 9.17) is 0 Å². The molecule has 0 amide bonds. The van der Waals surface area contributed by atoms with Gasteiger partial charge in [-0.1, -0.05) is 18.2 Å². The lowest BCUT2D eigenvalue weighted by Crippen LogP contribution is -2.34. The van der Waals surface area contributed by atoms with Gasteiger partial charge in [0.25, 0.3) is 5.78 Å². The molecule has 0 saturated carbocycles. The van der Waals surface area contributed by atoms with Gasteiger partial charge in [-0.15, -0.1) is 11.3 Å². The molecule has 1 aliphatic heterocycles. The Bertz CT molecular complexity index is 1030. The van der Waals surface area contributed by atoms with Gasteiger partial charge in [-0.2, -0.15) is 10.1 Å². The maximum Gasteiger partial charge on any atom is 0.252 e. The maximum absolute atomic E-state index is 4.48. The standard InChI is InChI=1S/C20H21N5S/c1-14-9-18(25-20(23-14)21-13-22-25)16-6-4-8-24(11-16)12-17-10-15-5-2-3-7-19(15)26-17/h2-3,5,7,9-10,13,16H,4,6,8,11-12H2,1H3. The predicted molar refractivity (Wildman–Crippen MR) is 105 cm³/mol. The van der Waals surface area contributed by atoms with Crippen molar-refractivity contribution in [1.82, 2.24) is 24.5 Å². The van der Waals surface area contributed by atoms with E-state index in [9.17, 15) is 0 Å². The zero-order valence-electron chi connectivity index (χ0n) is 14.8. The van der Waals surface area contributed by atoms with Crippen molar-refractivity contribution in [3.05, 3.63) is 59.0 Å². The van der Waals surface area contributed by atoms with Crippen molar-refractivity contribution in [3.63, 3.8) is 0 Å². The fraction of sp³-hybridized carbons (Fsp3) is 0.350. The normalized spacial score (nSPS) is 18.7. The van der Waals surface area contributed by atoms with Crippen LogP contribution in [-0.4, -0.2) is 37.6 Å². The first-order valence-corrected chi connectivity index (χ1v) is 9.95. The van der Waals surface area contributed by atoms with Crippen LogP contribution in [0.4, 0.5) is 0 Å². The van der Waals surface area contributed by atoms with Crippen molar-refractivity contribution in [2.24, 2.45) is 0 Å². The Morgan fingerprint density at radius 2 is 2.15 bits per heavy atom. The number of benzene rings is 1. The third kappa shape index (κ3) is 2.89. The summed E-state index contributed by atoms with van der Waals surface area (Å²) in [6, 6.07) is 13.2. The van der Waals surface area contributed by atoms with Crippen molar-refractivity contribution in [3.8, 4) is 0 Å². The molecule has 5 nitrogen and oxygen atoms in total. The van der Waals surface area contributed by atoms with E-state index in [1.54, 1.807) is 6.33 Å². The number of aromatic nitrogens is 4. The van der Waals surface area contributed by atoms with E-state index in [-0.39, 0.29) is 0 Å². The molecular weight excluding hydrogens is 342 g/mol. The highest BCUT2D eigenvalue weighted by molar-refractivity contribution is 7.19. The maximum atomic E-state index is 4.48. The highest BCUT2D eigenvalue weighted by Gasteiger charge is 2.24. The molecule has 5 rings (SSSR count). The number of rotatable bonds is 3. The number of likely N-dealkylation sites (tertiary alicyclic amines) is 1. The second-order valence-electron chi connectivity index (χ2n) is 7.12. The van der Waals surface area contributed by atoms with Crippen molar-refractivity contribution >= 4 is 27.2 Å². The predicted octanol–water partition coefficient (Wildman–Crippen LogP) is 4.03. The smallest absolute Gasteiger partial charge is 0.252 e. The molecule has 0 spiro atoms. The van der Waals surface area contributed by atoms with Gasteiger partial charge in [0, 0.05) is 34.3 Å². The van der Waals surface area contributed by atoms with Gasteiger partial charge < -0.3 is 0 Å². The SMILES string of the molecule is Cc1cc(C2CCCN(Cc3cc4ccccc4s3)C2)n2ncnc2n1. The molecule has 0 bridgehead atoms. The summed E-state index contributed by atoms with van der Waals surface area (Å²) in [5.41, 5.74) is 2.26. The highest BCUT2D eigenvalue weighted by Crippen LogP contribution is 2.31. The molecule has 1 aromatic carbocycles. The van der Waals surface area contributed by atoms with Gasteiger partial charge in [-0.05, 0) is 49.9 Å². The molecule has 4 heterocycles. The number of thiophene rings is 1. The van der Waals surface area contributed by atoms with Crippen molar-refractivity contribution < 1.29 is 0 Å². The van der Waals surface area contributed by atoms with Crippen molar-refractivity contribution in [2.75, 3.05) is 13.1 Å². The Labute approximate surface area is 156 Å². The Morgan fingerprint density at radius 1 is 1.23 bits per heavy atom. The van der Waals surface area contributed by atoms with Crippen molar-refractivity contribution in [1.29, 1.82) is 0 Å². The zero-order chi connectivity index (χ0) is 17.5. The molecule has 0 N–H and O–H groups in total. The molecule has 0 aliphatic carbocycles. The van der Waals surface area contributed by atoms with E-state index in [1.807, 2.05) is 22.8 Å². The van der Waals surface area contributed by atoms with Gasteiger partial charge in [0.2, 0.25) is 0 Å². The molecule has 1 unspecified atom stereocenters. The minimum Gasteiger partial charge on any atom is -0.298 e. The van der Waals surface area contributed by atoms with Crippen LogP contribution in [0.1, 0.15) is 35.0 Å². The van der Waals surface area contributed by atoms with Gasteiger partial charge in [-0.25, -0.2) is 9.50 Å². The van der Waals surface area contributed by atoms with Crippen LogP contribution in [0, 0.1) is 6.92 Å². The summed E-state index contributed by atoms with van der Waals surface area (Å²) in [5, 5.41) is 5.76. The van der Waals surface area contributed by atoms with E-state index in [1.165, 1.54) is 33.5 Å². The number of aryl methyl sites for hydroxylation is 1. The van der Waals surface area contributed by atoms with Gasteiger partial charge in [0.15, 0.2) is 0 Å². The lowest BCUT2D eigenvalue weighted by atomic mass is 9.94. The first-order valence-electron chi connectivity index (χ1n) is 9.13. The van der Waals surface area contributed by atoms with Gasteiger partial charge in [0.05, 0.1) is 5.69 Å². The number of hydrogen-bond acceptors (Lipinski definition) is 5. The quantitative estimate of drug-likeness (QED) is 0.551. The van der Waals surface area contributed by atoms with Gasteiger partial charge in [-0.3, -0.25) is 4.90 Å². The number of piperidine rings is 1.